The molecular formula is C12H19N3O3S. The topological polar surface area (TPSA) is 91.3 Å². The number of aromatic nitrogens is 1. The first-order valence-electron chi connectivity index (χ1n) is 6.08. The molecular weight excluding hydrogens is 266 g/mol. The third-order valence-electron chi connectivity index (χ3n) is 2.51. The van der Waals surface area contributed by atoms with Crippen LogP contribution in [0.4, 0.5) is 4.79 Å². The fourth-order valence-corrected chi connectivity index (χ4v) is 2.28. The zero-order chi connectivity index (χ0) is 14.4. The first-order chi connectivity index (χ1) is 8.90. The number of carboxylic acids is 1. The molecule has 0 aliphatic carbocycles. The van der Waals surface area contributed by atoms with Crippen molar-refractivity contribution in [1.82, 2.24) is 15.6 Å². The van der Waals surface area contributed by atoms with Gasteiger partial charge in [-0.1, -0.05) is 13.8 Å². The lowest BCUT2D eigenvalue weighted by Crippen LogP contribution is -2.48. The number of amides is 2. The van der Waals surface area contributed by atoms with Gasteiger partial charge >= 0.3 is 12.0 Å². The molecule has 0 radical (unpaired) electrons. The second kappa shape index (κ2) is 7.08. The Morgan fingerprint density at radius 2 is 2.16 bits per heavy atom. The van der Waals surface area contributed by atoms with Crippen LogP contribution < -0.4 is 10.6 Å². The highest BCUT2D eigenvalue weighted by molar-refractivity contribution is 7.09. The van der Waals surface area contributed by atoms with Gasteiger partial charge in [-0.15, -0.1) is 11.3 Å². The van der Waals surface area contributed by atoms with Gasteiger partial charge in [0.2, 0.25) is 0 Å². The number of rotatable bonds is 6. The summed E-state index contributed by atoms with van der Waals surface area (Å²) in [6.45, 7) is 5.85. The van der Waals surface area contributed by atoms with Crippen LogP contribution in [0.1, 0.15) is 24.5 Å². The normalized spacial score (nSPS) is 12.2. The maximum atomic E-state index is 11.6. The first kappa shape index (κ1) is 15.4. The predicted molar refractivity (Wildman–Crippen MR) is 73.4 cm³/mol. The highest BCUT2D eigenvalue weighted by Gasteiger charge is 2.23. The molecule has 0 fully saturated rings. The lowest BCUT2D eigenvalue weighted by Gasteiger charge is -2.18. The molecule has 0 aliphatic rings. The number of thiazole rings is 1. The van der Waals surface area contributed by atoms with Crippen molar-refractivity contribution < 1.29 is 14.7 Å². The number of carbonyl (C=O) groups excluding carboxylic acids is 1. The van der Waals surface area contributed by atoms with Crippen molar-refractivity contribution in [2.24, 2.45) is 5.92 Å². The Hall–Kier alpha value is -1.63. The van der Waals surface area contributed by atoms with E-state index in [-0.39, 0.29) is 5.92 Å². The van der Waals surface area contributed by atoms with Crippen LogP contribution in [0.3, 0.4) is 0 Å². The molecule has 1 atom stereocenters. The average Bonchev–Trinajstić information content (AvgIpc) is 2.71. The molecule has 2 amide bonds. The van der Waals surface area contributed by atoms with Crippen LogP contribution in [0.25, 0.3) is 0 Å². The molecule has 6 nitrogen and oxygen atoms in total. The van der Waals surface area contributed by atoms with Gasteiger partial charge in [0.05, 0.1) is 5.01 Å². The quantitative estimate of drug-likeness (QED) is 0.737. The summed E-state index contributed by atoms with van der Waals surface area (Å²) in [5.41, 5.74) is 0.968. The van der Waals surface area contributed by atoms with Gasteiger partial charge in [0.15, 0.2) is 0 Å². The van der Waals surface area contributed by atoms with E-state index in [1.54, 1.807) is 25.2 Å². The van der Waals surface area contributed by atoms with Crippen LogP contribution in [0.2, 0.25) is 0 Å². The van der Waals surface area contributed by atoms with E-state index in [2.05, 4.69) is 15.6 Å². The number of hydrogen-bond acceptors (Lipinski definition) is 4. The Bertz CT molecular complexity index is 445. The Morgan fingerprint density at radius 1 is 1.47 bits per heavy atom. The Labute approximate surface area is 116 Å². The van der Waals surface area contributed by atoms with Crippen LogP contribution >= 0.6 is 11.3 Å². The maximum absolute atomic E-state index is 11.6. The monoisotopic (exact) mass is 285 g/mol. The molecule has 1 aromatic rings. The van der Waals surface area contributed by atoms with Gasteiger partial charge in [-0.3, -0.25) is 0 Å². The van der Waals surface area contributed by atoms with Gasteiger partial charge in [-0.25, -0.2) is 14.6 Å². The summed E-state index contributed by atoms with van der Waals surface area (Å²) in [6, 6.07) is -1.34. The number of nitrogens with zero attached hydrogens (tertiary/aromatic N) is 1. The molecule has 0 bridgehead atoms. The summed E-state index contributed by atoms with van der Waals surface area (Å²) in [6.07, 6.45) is 0.644. The number of carbonyl (C=O) groups is 2. The molecule has 7 heteroatoms. The zero-order valence-electron chi connectivity index (χ0n) is 11.3. The third kappa shape index (κ3) is 5.25. The number of nitrogens with one attached hydrogen (secondary N) is 2. The van der Waals surface area contributed by atoms with Crippen LogP contribution in [-0.2, 0) is 11.2 Å². The number of aliphatic carboxylic acids is 1. The average molecular weight is 285 g/mol. The molecule has 1 heterocycles. The Morgan fingerprint density at radius 3 is 2.63 bits per heavy atom. The van der Waals surface area contributed by atoms with Gasteiger partial charge in [0.25, 0.3) is 0 Å². The molecule has 0 aromatic carbocycles. The van der Waals surface area contributed by atoms with E-state index in [4.69, 9.17) is 5.11 Å². The Kier molecular flexibility index (Phi) is 5.75. The van der Waals surface area contributed by atoms with E-state index in [0.717, 1.165) is 10.7 Å². The summed E-state index contributed by atoms with van der Waals surface area (Å²) < 4.78 is 0. The van der Waals surface area contributed by atoms with E-state index in [9.17, 15) is 9.59 Å². The molecule has 0 saturated heterocycles. The van der Waals surface area contributed by atoms with E-state index >= 15 is 0 Å². The highest BCUT2D eigenvalue weighted by Crippen LogP contribution is 2.08. The lowest BCUT2D eigenvalue weighted by atomic mass is 10.1. The van der Waals surface area contributed by atoms with Crippen molar-refractivity contribution >= 4 is 23.3 Å². The molecule has 0 aliphatic heterocycles. The second-order valence-electron chi connectivity index (χ2n) is 4.59. The van der Waals surface area contributed by atoms with E-state index in [1.165, 1.54) is 0 Å². The largest absolute Gasteiger partial charge is 0.480 e. The lowest BCUT2D eigenvalue weighted by molar-refractivity contribution is -0.140. The summed E-state index contributed by atoms with van der Waals surface area (Å²) in [4.78, 5) is 26.8. The van der Waals surface area contributed by atoms with E-state index < -0.39 is 18.0 Å². The summed E-state index contributed by atoms with van der Waals surface area (Å²) >= 11 is 1.55. The predicted octanol–water partition coefficient (Wildman–Crippen LogP) is 1.40. The zero-order valence-corrected chi connectivity index (χ0v) is 12.1. The van der Waals surface area contributed by atoms with Crippen LogP contribution in [0, 0.1) is 12.8 Å². The first-order valence-corrected chi connectivity index (χ1v) is 6.96. The smallest absolute Gasteiger partial charge is 0.326 e. The molecule has 0 saturated carbocycles. The van der Waals surface area contributed by atoms with E-state index in [0.29, 0.717) is 13.0 Å². The number of urea groups is 1. The summed E-state index contributed by atoms with van der Waals surface area (Å²) in [7, 11) is 0. The van der Waals surface area contributed by atoms with Gasteiger partial charge in [0, 0.05) is 24.0 Å². The standard InChI is InChI=1S/C12H19N3O3S/c1-7(2)10(11(16)17)15-12(18)13-5-4-9-14-8(3)6-19-9/h6-7,10H,4-5H2,1-3H3,(H,16,17)(H2,13,15,18)/t10-/m0/s1. The van der Waals surface area contributed by atoms with Crippen molar-refractivity contribution in [3.63, 3.8) is 0 Å². The third-order valence-corrected chi connectivity index (χ3v) is 3.54. The number of aryl methyl sites for hydroxylation is 1. The minimum Gasteiger partial charge on any atom is -0.480 e. The fraction of sp³-hybridized carbons (Fsp3) is 0.583. The SMILES string of the molecule is Cc1csc(CCNC(=O)N[C@H](C(=O)O)C(C)C)n1. The molecule has 19 heavy (non-hydrogen) atoms. The van der Waals surface area contributed by atoms with Crippen molar-refractivity contribution in [3.8, 4) is 0 Å². The van der Waals surface area contributed by atoms with Gasteiger partial charge < -0.3 is 15.7 Å². The second-order valence-corrected chi connectivity index (χ2v) is 5.54. The molecule has 3 N–H and O–H groups in total. The fourth-order valence-electron chi connectivity index (χ4n) is 1.51. The Balaban J connectivity index is 2.33. The summed E-state index contributed by atoms with van der Waals surface area (Å²) in [5, 5.41) is 16.9. The molecule has 0 unspecified atom stereocenters. The van der Waals surface area contributed by atoms with Crippen LogP contribution in [-0.4, -0.2) is 34.7 Å². The van der Waals surface area contributed by atoms with Crippen molar-refractivity contribution in [2.45, 2.75) is 33.2 Å². The van der Waals surface area contributed by atoms with Gasteiger partial charge in [0.1, 0.15) is 6.04 Å². The molecule has 1 rings (SSSR count). The summed E-state index contributed by atoms with van der Waals surface area (Å²) in [5.74, 6) is -1.19. The molecule has 106 valence electrons. The minimum atomic E-state index is -1.03. The molecule has 1 aromatic heterocycles. The van der Waals surface area contributed by atoms with Gasteiger partial charge in [-0.2, -0.15) is 0 Å². The van der Waals surface area contributed by atoms with Crippen molar-refractivity contribution in [3.05, 3.63) is 16.1 Å². The highest BCUT2D eigenvalue weighted by atomic mass is 32.1. The van der Waals surface area contributed by atoms with Crippen LogP contribution in [0.5, 0.6) is 0 Å². The number of hydrogen-bond donors (Lipinski definition) is 3. The minimum absolute atomic E-state index is 0.162. The van der Waals surface area contributed by atoms with Crippen LogP contribution in [0.15, 0.2) is 5.38 Å². The van der Waals surface area contributed by atoms with Crippen molar-refractivity contribution in [2.75, 3.05) is 6.54 Å². The van der Waals surface area contributed by atoms with E-state index in [1.807, 2.05) is 12.3 Å². The van der Waals surface area contributed by atoms with Crippen molar-refractivity contribution in [1.29, 1.82) is 0 Å². The van der Waals surface area contributed by atoms with Gasteiger partial charge in [-0.05, 0) is 12.8 Å². The maximum Gasteiger partial charge on any atom is 0.326 e. The number of carboxylic acid groups (broad SMARTS) is 1. The molecule has 0 spiro atoms.